The van der Waals surface area contributed by atoms with Gasteiger partial charge < -0.3 is 9.84 Å². The molecule has 76 valence electrons. The molecule has 5 nitrogen and oxygen atoms in total. The Kier molecular flexibility index (Phi) is 1.85. The molecule has 0 bridgehead atoms. The monoisotopic (exact) mass is 196 g/mol. The summed E-state index contributed by atoms with van der Waals surface area (Å²) >= 11 is 0. The standard InChI is InChI=1S/C9H12N2O3/c1-9(4-14-5-9)7-6(8(12)13)3-10-11(7)2/h3H,4-5H2,1-2H3,(H,12,13). The highest BCUT2D eigenvalue weighted by Gasteiger charge is 2.41. The molecule has 1 fully saturated rings. The summed E-state index contributed by atoms with van der Waals surface area (Å²) in [4.78, 5) is 10.9. The van der Waals surface area contributed by atoms with Gasteiger partial charge in [-0.1, -0.05) is 0 Å². The molecule has 0 radical (unpaired) electrons. The van der Waals surface area contributed by atoms with Crippen LogP contribution in [0.25, 0.3) is 0 Å². The van der Waals surface area contributed by atoms with Gasteiger partial charge >= 0.3 is 5.97 Å². The summed E-state index contributed by atoms with van der Waals surface area (Å²) in [5, 5.41) is 12.9. The first-order valence-electron chi connectivity index (χ1n) is 4.38. The fourth-order valence-electron chi connectivity index (χ4n) is 1.85. The summed E-state index contributed by atoms with van der Waals surface area (Å²) in [6.07, 6.45) is 1.39. The van der Waals surface area contributed by atoms with Crippen LogP contribution in [0.5, 0.6) is 0 Å². The van der Waals surface area contributed by atoms with Gasteiger partial charge in [0.25, 0.3) is 0 Å². The Morgan fingerprint density at radius 2 is 2.36 bits per heavy atom. The van der Waals surface area contributed by atoms with Gasteiger partial charge in [0.2, 0.25) is 0 Å². The molecular weight excluding hydrogens is 184 g/mol. The molecule has 0 aliphatic carbocycles. The zero-order valence-electron chi connectivity index (χ0n) is 8.15. The average molecular weight is 196 g/mol. The summed E-state index contributed by atoms with van der Waals surface area (Å²) in [5.41, 5.74) is 0.827. The van der Waals surface area contributed by atoms with Gasteiger partial charge in [-0.3, -0.25) is 4.68 Å². The lowest BCUT2D eigenvalue weighted by molar-refractivity contribution is -0.0541. The second-order valence-corrected chi connectivity index (χ2v) is 3.89. The number of hydrogen-bond donors (Lipinski definition) is 1. The van der Waals surface area contributed by atoms with Gasteiger partial charge in [0.05, 0.1) is 30.5 Å². The maximum absolute atomic E-state index is 10.9. The van der Waals surface area contributed by atoms with Gasteiger partial charge in [0, 0.05) is 7.05 Å². The molecule has 0 saturated carbocycles. The molecule has 0 amide bonds. The molecule has 5 heteroatoms. The number of rotatable bonds is 2. The van der Waals surface area contributed by atoms with Crippen LogP contribution < -0.4 is 0 Å². The van der Waals surface area contributed by atoms with Gasteiger partial charge in [-0.05, 0) is 6.92 Å². The number of carboxylic acids is 1. The van der Waals surface area contributed by atoms with Gasteiger partial charge in [-0.25, -0.2) is 4.79 Å². The third-order valence-corrected chi connectivity index (χ3v) is 2.58. The van der Waals surface area contributed by atoms with E-state index in [1.807, 2.05) is 6.92 Å². The summed E-state index contributed by atoms with van der Waals surface area (Å²) in [6, 6.07) is 0. The third-order valence-electron chi connectivity index (χ3n) is 2.58. The van der Waals surface area contributed by atoms with Crippen molar-refractivity contribution in [3.05, 3.63) is 17.5 Å². The van der Waals surface area contributed by atoms with E-state index in [2.05, 4.69) is 5.10 Å². The van der Waals surface area contributed by atoms with Crippen LogP contribution in [0.3, 0.4) is 0 Å². The largest absolute Gasteiger partial charge is 0.478 e. The van der Waals surface area contributed by atoms with Crippen LogP contribution in [0.1, 0.15) is 23.0 Å². The maximum atomic E-state index is 10.9. The highest BCUT2D eigenvalue weighted by atomic mass is 16.5. The van der Waals surface area contributed by atoms with Crippen molar-refractivity contribution in [2.45, 2.75) is 12.3 Å². The minimum atomic E-state index is -0.929. The zero-order valence-corrected chi connectivity index (χ0v) is 8.15. The molecule has 1 aliphatic rings. The van der Waals surface area contributed by atoms with E-state index < -0.39 is 5.97 Å². The quantitative estimate of drug-likeness (QED) is 0.743. The Labute approximate surface area is 81.3 Å². The highest BCUT2D eigenvalue weighted by molar-refractivity contribution is 5.89. The molecule has 1 aromatic heterocycles. The van der Waals surface area contributed by atoms with Crippen molar-refractivity contribution >= 4 is 5.97 Å². The number of hydrogen-bond acceptors (Lipinski definition) is 3. The molecular formula is C9H12N2O3. The number of aryl methyl sites for hydroxylation is 1. The smallest absolute Gasteiger partial charge is 0.339 e. The second-order valence-electron chi connectivity index (χ2n) is 3.89. The normalized spacial score (nSPS) is 19.0. The summed E-state index contributed by atoms with van der Waals surface area (Å²) in [5.74, 6) is -0.929. The molecule has 0 unspecified atom stereocenters. The predicted octanol–water partition coefficient (Wildman–Crippen LogP) is 0.406. The van der Waals surface area contributed by atoms with Crippen molar-refractivity contribution in [3.8, 4) is 0 Å². The van der Waals surface area contributed by atoms with Crippen molar-refractivity contribution in [1.82, 2.24) is 9.78 Å². The van der Waals surface area contributed by atoms with E-state index in [-0.39, 0.29) is 11.0 Å². The average Bonchev–Trinajstić information content (AvgIpc) is 2.43. The molecule has 0 aromatic carbocycles. The van der Waals surface area contributed by atoms with Gasteiger partial charge in [0.15, 0.2) is 0 Å². The summed E-state index contributed by atoms with van der Waals surface area (Å²) in [6.45, 7) is 3.11. The molecule has 1 aromatic rings. The third kappa shape index (κ3) is 1.13. The lowest BCUT2D eigenvalue weighted by Gasteiger charge is -2.38. The Balaban J connectivity index is 2.49. The first-order valence-corrected chi connectivity index (χ1v) is 4.38. The minimum Gasteiger partial charge on any atom is -0.478 e. The fraction of sp³-hybridized carbons (Fsp3) is 0.556. The Morgan fingerprint density at radius 3 is 2.79 bits per heavy atom. The van der Waals surface area contributed by atoms with Crippen molar-refractivity contribution in [2.75, 3.05) is 13.2 Å². The van der Waals surface area contributed by atoms with Crippen LogP contribution in [-0.2, 0) is 17.2 Å². The van der Waals surface area contributed by atoms with E-state index in [9.17, 15) is 4.79 Å². The molecule has 1 N–H and O–H groups in total. The van der Waals surface area contributed by atoms with E-state index >= 15 is 0 Å². The van der Waals surface area contributed by atoms with Gasteiger partial charge in [-0.15, -0.1) is 0 Å². The molecule has 0 spiro atoms. The molecule has 1 saturated heterocycles. The van der Waals surface area contributed by atoms with Crippen LogP contribution in [0, 0.1) is 0 Å². The lowest BCUT2D eigenvalue weighted by Crippen LogP contribution is -2.46. The van der Waals surface area contributed by atoms with E-state index in [1.54, 1.807) is 11.7 Å². The maximum Gasteiger partial charge on any atom is 0.339 e. The van der Waals surface area contributed by atoms with Crippen molar-refractivity contribution < 1.29 is 14.6 Å². The molecule has 0 atom stereocenters. The SMILES string of the molecule is Cn1ncc(C(=O)O)c1C1(C)COC1. The van der Waals surface area contributed by atoms with Crippen molar-refractivity contribution in [1.29, 1.82) is 0 Å². The van der Waals surface area contributed by atoms with E-state index in [0.717, 1.165) is 5.69 Å². The molecule has 1 aliphatic heterocycles. The number of nitrogens with zero attached hydrogens (tertiary/aromatic N) is 2. The van der Waals surface area contributed by atoms with E-state index in [0.29, 0.717) is 13.2 Å². The lowest BCUT2D eigenvalue weighted by atomic mass is 9.83. The first kappa shape index (κ1) is 9.21. The topological polar surface area (TPSA) is 64.4 Å². The van der Waals surface area contributed by atoms with Gasteiger partial charge in [-0.2, -0.15) is 5.10 Å². The van der Waals surface area contributed by atoms with Crippen molar-refractivity contribution in [2.24, 2.45) is 7.05 Å². The van der Waals surface area contributed by atoms with E-state index in [1.165, 1.54) is 6.20 Å². The van der Waals surface area contributed by atoms with Crippen LogP contribution in [0.4, 0.5) is 0 Å². The summed E-state index contributed by atoms with van der Waals surface area (Å²) < 4.78 is 6.73. The number of aromatic nitrogens is 2. The molecule has 14 heavy (non-hydrogen) atoms. The van der Waals surface area contributed by atoms with E-state index in [4.69, 9.17) is 9.84 Å². The second kappa shape index (κ2) is 2.81. The number of carboxylic acid groups (broad SMARTS) is 1. The summed E-state index contributed by atoms with van der Waals surface area (Å²) in [7, 11) is 1.76. The number of ether oxygens (including phenoxy) is 1. The van der Waals surface area contributed by atoms with Crippen LogP contribution in [0.2, 0.25) is 0 Å². The zero-order chi connectivity index (χ0) is 10.3. The minimum absolute atomic E-state index is 0.195. The number of carbonyl (C=O) groups is 1. The van der Waals surface area contributed by atoms with Crippen LogP contribution in [0.15, 0.2) is 6.20 Å². The fourth-order valence-corrected chi connectivity index (χ4v) is 1.85. The highest BCUT2D eigenvalue weighted by Crippen LogP contribution is 2.33. The van der Waals surface area contributed by atoms with Crippen molar-refractivity contribution in [3.63, 3.8) is 0 Å². The van der Waals surface area contributed by atoms with Gasteiger partial charge in [0.1, 0.15) is 5.56 Å². The predicted molar refractivity (Wildman–Crippen MR) is 48.3 cm³/mol. The Bertz CT molecular complexity index is 379. The first-order chi connectivity index (χ1) is 6.54. The van der Waals surface area contributed by atoms with Crippen LogP contribution in [-0.4, -0.2) is 34.1 Å². The Hall–Kier alpha value is -1.36. The van der Waals surface area contributed by atoms with Crippen LogP contribution >= 0.6 is 0 Å². The molecule has 2 heterocycles. The molecule has 2 rings (SSSR count). The number of aromatic carboxylic acids is 1. The Morgan fingerprint density at radius 1 is 1.71 bits per heavy atom.